The lowest BCUT2D eigenvalue weighted by atomic mass is 9.85. The Balaban J connectivity index is 1.52. The number of hydrogen-bond acceptors (Lipinski definition) is 4. The standard InChI is InChI=1S/C15H16ClN3O2S/c16-11-9-17-18-12(11)14(20)19-5-3-15(4-6-19)13-10(1-7-21-15)2-8-22-13/h2,8-9H,1,3-7H2,(H,17,18). The molecule has 1 spiro atoms. The molecule has 4 rings (SSSR count). The SMILES string of the molecule is O=C(c1[nH]ncc1Cl)N1CCC2(CC1)OCCc1ccsc12. The number of aromatic amines is 1. The van der Waals surface area contributed by atoms with E-state index in [0.717, 1.165) is 25.9 Å². The van der Waals surface area contributed by atoms with E-state index in [2.05, 4.69) is 21.6 Å². The summed E-state index contributed by atoms with van der Waals surface area (Å²) in [6, 6.07) is 2.20. The number of hydrogen-bond donors (Lipinski definition) is 1. The third kappa shape index (κ3) is 2.17. The van der Waals surface area contributed by atoms with Gasteiger partial charge >= 0.3 is 0 Å². The summed E-state index contributed by atoms with van der Waals surface area (Å²) in [7, 11) is 0. The molecule has 0 atom stereocenters. The zero-order valence-electron chi connectivity index (χ0n) is 12.0. The quantitative estimate of drug-likeness (QED) is 0.870. The monoisotopic (exact) mass is 337 g/mol. The number of thiophene rings is 1. The summed E-state index contributed by atoms with van der Waals surface area (Å²) in [5, 5.41) is 9.02. The van der Waals surface area contributed by atoms with Crippen molar-refractivity contribution >= 4 is 28.8 Å². The van der Waals surface area contributed by atoms with Crippen molar-refractivity contribution in [2.24, 2.45) is 0 Å². The third-order valence-electron chi connectivity index (χ3n) is 4.58. The third-order valence-corrected chi connectivity index (χ3v) is 6.00. The van der Waals surface area contributed by atoms with Crippen molar-refractivity contribution in [3.8, 4) is 0 Å². The minimum atomic E-state index is -0.198. The molecule has 2 aliphatic rings. The van der Waals surface area contributed by atoms with E-state index in [1.54, 1.807) is 11.3 Å². The number of fused-ring (bicyclic) bond motifs is 2. The molecule has 1 amide bonds. The van der Waals surface area contributed by atoms with Crippen LogP contribution < -0.4 is 0 Å². The zero-order valence-corrected chi connectivity index (χ0v) is 13.5. The first-order valence-corrected chi connectivity index (χ1v) is 8.64. The fraction of sp³-hybridized carbons (Fsp3) is 0.467. The first-order valence-electron chi connectivity index (χ1n) is 7.38. The molecule has 0 saturated carbocycles. The minimum Gasteiger partial charge on any atom is -0.369 e. The van der Waals surface area contributed by atoms with E-state index in [-0.39, 0.29) is 11.5 Å². The molecule has 4 heterocycles. The Morgan fingerprint density at radius 3 is 3.00 bits per heavy atom. The predicted molar refractivity (Wildman–Crippen MR) is 84.4 cm³/mol. The molecule has 2 aliphatic heterocycles. The number of piperidine rings is 1. The molecule has 22 heavy (non-hydrogen) atoms. The van der Waals surface area contributed by atoms with Gasteiger partial charge in [-0.15, -0.1) is 11.3 Å². The van der Waals surface area contributed by atoms with Gasteiger partial charge in [-0.3, -0.25) is 9.89 Å². The van der Waals surface area contributed by atoms with Crippen LogP contribution in [0.4, 0.5) is 0 Å². The van der Waals surface area contributed by atoms with E-state index in [1.165, 1.54) is 16.6 Å². The van der Waals surface area contributed by atoms with Crippen LogP contribution in [0.5, 0.6) is 0 Å². The van der Waals surface area contributed by atoms with Gasteiger partial charge < -0.3 is 9.64 Å². The van der Waals surface area contributed by atoms with E-state index in [1.807, 2.05) is 4.90 Å². The second-order valence-electron chi connectivity index (χ2n) is 5.75. The maximum absolute atomic E-state index is 12.5. The van der Waals surface area contributed by atoms with Crippen LogP contribution in [0.15, 0.2) is 17.6 Å². The highest BCUT2D eigenvalue weighted by Gasteiger charge is 2.42. The lowest BCUT2D eigenvalue weighted by Gasteiger charge is -2.43. The number of ether oxygens (including phenoxy) is 1. The Labute approximate surface area is 137 Å². The number of nitrogens with one attached hydrogen (secondary N) is 1. The second kappa shape index (κ2) is 5.37. The number of halogens is 1. The molecule has 5 nitrogen and oxygen atoms in total. The van der Waals surface area contributed by atoms with E-state index in [4.69, 9.17) is 16.3 Å². The van der Waals surface area contributed by atoms with Gasteiger partial charge in [-0.05, 0) is 36.3 Å². The van der Waals surface area contributed by atoms with Crippen molar-refractivity contribution in [3.63, 3.8) is 0 Å². The van der Waals surface area contributed by atoms with Gasteiger partial charge in [-0.2, -0.15) is 5.10 Å². The number of amides is 1. The highest BCUT2D eigenvalue weighted by Crippen LogP contribution is 2.44. The summed E-state index contributed by atoms with van der Waals surface area (Å²) in [5.74, 6) is -0.0837. The van der Waals surface area contributed by atoms with Crippen molar-refractivity contribution in [1.82, 2.24) is 15.1 Å². The van der Waals surface area contributed by atoms with Crippen molar-refractivity contribution < 1.29 is 9.53 Å². The number of carbonyl (C=O) groups is 1. The van der Waals surface area contributed by atoms with Gasteiger partial charge in [0.2, 0.25) is 0 Å². The van der Waals surface area contributed by atoms with Crippen LogP contribution in [-0.4, -0.2) is 40.7 Å². The van der Waals surface area contributed by atoms with Crippen molar-refractivity contribution in [2.75, 3.05) is 19.7 Å². The molecule has 0 radical (unpaired) electrons. The van der Waals surface area contributed by atoms with Gasteiger partial charge in [0.15, 0.2) is 0 Å². The molecule has 1 fully saturated rings. The molecule has 1 N–H and O–H groups in total. The first kappa shape index (κ1) is 14.2. The molecule has 0 aliphatic carbocycles. The lowest BCUT2D eigenvalue weighted by molar-refractivity contribution is -0.0906. The Kier molecular flexibility index (Phi) is 3.47. The van der Waals surface area contributed by atoms with Gasteiger partial charge in [0.1, 0.15) is 11.3 Å². The number of H-pyrrole nitrogens is 1. The van der Waals surface area contributed by atoms with Crippen LogP contribution in [0.2, 0.25) is 5.02 Å². The molecule has 0 unspecified atom stereocenters. The fourth-order valence-electron chi connectivity index (χ4n) is 3.38. The van der Waals surface area contributed by atoms with Crippen LogP contribution in [0.3, 0.4) is 0 Å². The van der Waals surface area contributed by atoms with E-state index in [0.29, 0.717) is 23.8 Å². The highest BCUT2D eigenvalue weighted by atomic mass is 35.5. The number of aromatic nitrogens is 2. The highest BCUT2D eigenvalue weighted by molar-refractivity contribution is 7.10. The number of rotatable bonds is 1. The lowest BCUT2D eigenvalue weighted by Crippen LogP contribution is -2.48. The largest absolute Gasteiger partial charge is 0.369 e. The summed E-state index contributed by atoms with van der Waals surface area (Å²) in [5.41, 5.74) is 1.59. The Morgan fingerprint density at radius 2 is 2.27 bits per heavy atom. The smallest absolute Gasteiger partial charge is 0.273 e. The van der Waals surface area contributed by atoms with Gasteiger partial charge in [-0.1, -0.05) is 11.6 Å². The maximum Gasteiger partial charge on any atom is 0.273 e. The van der Waals surface area contributed by atoms with Gasteiger partial charge in [0.25, 0.3) is 5.91 Å². The molecule has 2 aromatic rings. The van der Waals surface area contributed by atoms with Crippen LogP contribution in [-0.2, 0) is 16.8 Å². The molecular formula is C15H16ClN3O2S. The predicted octanol–water partition coefficient (Wildman–Crippen LogP) is 2.83. The van der Waals surface area contributed by atoms with E-state index < -0.39 is 0 Å². The molecule has 116 valence electrons. The molecule has 2 aromatic heterocycles. The summed E-state index contributed by atoms with van der Waals surface area (Å²) >= 11 is 7.76. The summed E-state index contributed by atoms with van der Waals surface area (Å²) < 4.78 is 6.16. The average Bonchev–Trinajstić information content (AvgIpc) is 3.17. The first-order chi connectivity index (χ1) is 10.7. The Hall–Kier alpha value is -1.37. The summed E-state index contributed by atoms with van der Waals surface area (Å²) in [6.45, 7) is 2.11. The van der Waals surface area contributed by atoms with E-state index in [9.17, 15) is 4.79 Å². The molecule has 0 bridgehead atoms. The topological polar surface area (TPSA) is 58.2 Å². The van der Waals surface area contributed by atoms with Crippen molar-refractivity contribution in [2.45, 2.75) is 24.9 Å². The second-order valence-corrected chi connectivity index (χ2v) is 7.08. The average molecular weight is 338 g/mol. The van der Waals surface area contributed by atoms with Crippen LogP contribution in [0.1, 0.15) is 33.8 Å². The molecule has 0 aromatic carbocycles. The maximum atomic E-state index is 12.5. The minimum absolute atomic E-state index is 0.0837. The van der Waals surface area contributed by atoms with Crippen molar-refractivity contribution in [1.29, 1.82) is 0 Å². The zero-order chi connectivity index (χ0) is 15.2. The molecular weight excluding hydrogens is 322 g/mol. The molecule has 1 saturated heterocycles. The number of nitrogens with zero attached hydrogens (tertiary/aromatic N) is 2. The molecule has 7 heteroatoms. The normalized spacial score (nSPS) is 20.1. The van der Waals surface area contributed by atoms with E-state index >= 15 is 0 Å². The van der Waals surface area contributed by atoms with Crippen molar-refractivity contribution in [3.05, 3.63) is 38.8 Å². The summed E-state index contributed by atoms with van der Waals surface area (Å²) in [6.07, 6.45) is 4.12. The summed E-state index contributed by atoms with van der Waals surface area (Å²) in [4.78, 5) is 15.7. The van der Waals surface area contributed by atoms with Crippen LogP contribution in [0.25, 0.3) is 0 Å². The van der Waals surface area contributed by atoms with Gasteiger partial charge in [-0.25, -0.2) is 0 Å². The Bertz CT molecular complexity index is 703. The van der Waals surface area contributed by atoms with Gasteiger partial charge in [0, 0.05) is 18.0 Å². The van der Waals surface area contributed by atoms with Gasteiger partial charge in [0.05, 0.1) is 17.8 Å². The van der Waals surface area contributed by atoms with Crippen LogP contribution >= 0.6 is 22.9 Å². The Morgan fingerprint density at radius 1 is 1.45 bits per heavy atom. The number of likely N-dealkylation sites (tertiary alicyclic amines) is 1. The van der Waals surface area contributed by atoms with Crippen LogP contribution in [0, 0.1) is 0 Å². The fourth-order valence-corrected chi connectivity index (χ4v) is 4.72. The number of carbonyl (C=O) groups excluding carboxylic acids is 1.